The smallest absolute Gasteiger partial charge is 0.300 e. The fourth-order valence-corrected chi connectivity index (χ4v) is 4.17. The highest BCUT2D eigenvalue weighted by Gasteiger charge is 2.53. The number of pyridine rings is 2. The highest BCUT2D eigenvalue weighted by Crippen LogP contribution is 2.43. The van der Waals surface area contributed by atoms with Gasteiger partial charge in [0, 0.05) is 31.1 Å². The average molecular weight is 495 g/mol. The number of guanidine groups is 1. The normalized spacial score (nSPS) is 19.8. The maximum atomic E-state index is 14.1. The van der Waals surface area contributed by atoms with Crippen LogP contribution in [-0.4, -0.2) is 63.9 Å². The SMILES string of the molecule is CC(=O)O.COc1cncc(-c2cccc(C3(c4ccncc4)N=C(N)N4CC(F)(F)CN=C43)c2)c1. The Morgan fingerprint density at radius 1 is 1.08 bits per heavy atom. The predicted octanol–water partition coefficient (Wildman–Crippen LogP) is 3.16. The molecule has 9 nitrogen and oxygen atoms in total. The van der Waals surface area contributed by atoms with Gasteiger partial charge in [-0.15, -0.1) is 0 Å². The molecule has 3 N–H and O–H groups in total. The van der Waals surface area contributed by atoms with Gasteiger partial charge in [0.15, 0.2) is 11.5 Å². The summed E-state index contributed by atoms with van der Waals surface area (Å²) >= 11 is 0. The summed E-state index contributed by atoms with van der Waals surface area (Å²) in [6.07, 6.45) is 6.64. The molecule has 11 heteroatoms. The fraction of sp³-hybridized carbons (Fsp3) is 0.240. The minimum absolute atomic E-state index is 0.00777. The lowest BCUT2D eigenvalue weighted by Gasteiger charge is -2.35. The van der Waals surface area contributed by atoms with Gasteiger partial charge < -0.3 is 15.6 Å². The van der Waals surface area contributed by atoms with Crippen LogP contribution in [0.2, 0.25) is 0 Å². The number of rotatable bonds is 4. The number of aliphatic carboxylic acids is 1. The number of carboxylic acid groups (broad SMARTS) is 1. The molecule has 0 aliphatic carbocycles. The van der Waals surface area contributed by atoms with E-state index < -0.39 is 30.5 Å². The number of halogens is 2. The van der Waals surface area contributed by atoms with Crippen molar-refractivity contribution in [3.05, 3.63) is 78.4 Å². The number of hydrogen-bond acceptors (Lipinski definition) is 8. The zero-order valence-electron chi connectivity index (χ0n) is 19.6. The highest BCUT2D eigenvalue weighted by atomic mass is 19.3. The van der Waals surface area contributed by atoms with Crippen LogP contribution in [0.15, 0.2) is 77.2 Å². The Hall–Kier alpha value is -4.41. The minimum Gasteiger partial charge on any atom is -0.495 e. The number of alkyl halides is 2. The van der Waals surface area contributed by atoms with Crippen molar-refractivity contribution in [2.24, 2.45) is 15.7 Å². The van der Waals surface area contributed by atoms with Gasteiger partial charge in [-0.3, -0.25) is 24.7 Å². The van der Waals surface area contributed by atoms with E-state index in [9.17, 15) is 8.78 Å². The highest BCUT2D eigenvalue weighted by molar-refractivity contribution is 6.12. The standard InChI is InChI=1S/C23H20F2N6O.C2H4O2/c1-32-19-10-16(11-28-12-19)15-3-2-4-18(9-15)23(17-5-7-27-8-6-17)20-29-13-22(24,25)14-31(20)21(26)30-23;1-2(3)4/h2-12H,13-14H2,1H3,(H2,26,30);1H3,(H,3,4). The molecule has 0 saturated carbocycles. The molecule has 2 aliphatic rings. The summed E-state index contributed by atoms with van der Waals surface area (Å²) in [5.41, 5.74) is 8.21. The first kappa shape index (κ1) is 24.7. The molecule has 5 rings (SSSR count). The summed E-state index contributed by atoms with van der Waals surface area (Å²) in [7, 11) is 1.58. The Morgan fingerprint density at radius 3 is 2.50 bits per heavy atom. The maximum Gasteiger partial charge on any atom is 0.300 e. The molecule has 2 aliphatic heterocycles. The van der Waals surface area contributed by atoms with Crippen LogP contribution in [0.25, 0.3) is 11.1 Å². The van der Waals surface area contributed by atoms with Gasteiger partial charge in [0.1, 0.15) is 18.1 Å². The Kier molecular flexibility index (Phi) is 6.65. The number of nitrogens with two attached hydrogens (primary N) is 1. The summed E-state index contributed by atoms with van der Waals surface area (Å²) in [6, 6.07) is 13.2. The molecule has 2 aromatic heterocycles. The number of carboxylic acids is 1. The van der Waals surface area contributed by atoms with Crippen molar-refractivity contribution in [2.75, 3.05) is 20.2 Å². The maximum absolute atomic E-state index is 14.1. The second-order valence-corrected chi connectivity index (χ2v) is 8.21. The number of ether oxygens (including phenoxy) is 1. The molecule has 1 unspecified atom stereocenters. The van der Waals surface area contributed by atoms with Crippen molar-refractivity contribution in [3.8, 4) is 16.9 Å². The van der Waals surface area contributed by atoms with E-state index >= 15 is 0 Å². The molecule has 186 valence electrons. The molecule has 0 bridgehead atoms. The van der Waals surface area contributed by atoms with E-state index in [2.05, 4.69) is 15.0 Å². The zero-order valence-corrected chi connectivity index (χ0v) is 19.6. The molecule has 0 amide bonds. The molecule has 0 fully saturated rings. The molecule has 36 heavy (non-hydrogen) atoms. The fourth-order valence-electron chi connectivity index (χ4n) is 4.17. The van der Waals surface area contributed by atoms with Gasteiger partial charge in [0.2, 0.25) is 0 Å². The number of benzene rings is 1. The van der Waals surface area contributed by atoms with Crippen LogP contribution in [-0.2, 0) is 10.3 Å². The van der Waals surface area contributed by atoms with Crippen LogP contribution in [0.3, 0.4) is 0 Å². The van der Waals surface area contributed by atoms with Crippen molar-refractivity contribution in [1.29, 1.82) is 0 Å². The second kappa shape index (κ2) is 9.68. The zero-order chi connectivity index (χ0) is 25.9. The average Bonchev–Trinajstić information content (AvgIpc) is 3.16. The molecule has 0 radical (unpaired) electrons. The number of fused-ring (bicyclic) bond motifs is 1. The number of aromatic nitrogens is 2. The third-order valence-corrected chi connectivity index (χ3v) is 5.65. The quantitative estimate of drug-likeness (QED) is 0.571. The molecule has 0 saturated heterocycles. The number of methoxy groups -OCH3 is 1. The van der Waals surface area contributed by atoms with E-state index in [1.165, 1.54) is 4.90 Å². The van der Waals surface area contributed by atoms with Gasteiger partial charge in [-0.1, -0.05) is 18.2 Å². The third kappa shape index (κ3) is 4.72. The van der Waals surface area contributed by atoms with Crippen LogP contribution in [0, 0.1) is 0 Å². The first-order valence-corrected chi connectivity index (χ1v) is 10.9. The van der Waals surface area contributed by atoms with Crippen LogP contribution < -0.4 is 10.5 Å². The summed E-state index contributed by atoms with van der Waals surface area (Å²) < 4.78 is 33.6. The molecule has 4 heterocycles. The first-order valence-electron chi connectivity index (χ1n) is 10.9. The van der Waals surface area contributed by atoms with E-state index in [-0.39, 0.29) is 5.96 Å². The molecule has 0 spiro atoms. The number of amidine groups is 1. The molecular weight excluding hydrogens is 470 g/mol. The van der Waals surface area contributed by atoms with Crippen molar-refractivity contribution < 1.29 is 23.4 Å². The summed E-state index contributed by atoms with van der Waals surface area (Å²) in [5, 5.41) is 7.42. The summed E-state index contributed by atoms with van der Waals surface area (Å²) in [5.74, 6) is -2.79. The molecule has 3 aromatic rings. The van der Waals surface area contributed by atoms with E-state index in [1.807, 2.05) is 30.3 Å². The van der Waals surface area contributed by atoms with Gasteiger partial charge in [-0.25, -0.2) is 13.8 Å². The van der Waals surface area contributed by atoms with Crippen LogP contribution in [0.1, 0.15) is 18.1 Å². The van der Waals surface area contributed by atoms with Crippen molar-refractivity contribution in [2.45, 2.75) is 18.4 Å². The van der Waals surface area contributed by atoms with Crippen molar-refractivity contribution in [1.82, 2.24) is 14.9 Å². The topological polar surface area (TPSA) is 126 Å². The van der Waals surface area contributed by atoms with Crippen LogP contribution in [0.4, 0.5) is 8.78 Å². The Morgan fingerprint density at radius 2 is 1.81 bits per heavy atom. The van der Waals surface area contributed by atoms with Gasteiger partial charge >= 0.3 is 0 Å². The lowest BCUT2D eigenvalue weighted by Crippen LogP contribution is -2.53. The van der Waals surface area contributed by atoms with Gasteiger partial charge in [-0.2, -0.15) is 0 Å². The summed E-state index contributed by atoms with van der Waals surface area (Å²) in [6.45, 7) is -0.0958. The molecule has 1 atom stereocenters. The third-order valence-electron chi connectivity index (χ3n) is 5.65. The minimum atomic E-state index is -2.98. The Labute approximate surface area is 206 Å². The van der Waals surface area contributed by atoms with Gasteiger partial charge in [0.25, 0.3) is 11.9 Å². The second-order valence-electron chi connectivity index (χ2n) is 8.21. The Bertz CT molecular complexity index is 1330. The molecular formula is C25H24F2N6O3. The van der Waals surface area contributed by atoms with Gasteiger partial charge in [-0.05, 0) is 41.0 Å². The lowest BCUT2D eigenvalue weighted by molar-refractivity contribution is -0.134. The van der Waals surface area contributed by atoms with E-state index in [4.69, 9.17) is 25.4 Å². The van der Waals surface area contributed by atoms with Crippen molar-refractivity contribution >= 4 is 17.8 Å². The van der Waals surface area contributed by atoms with E-state index in [0.29, 0.717) is 11.6 Å². The summed E-state index contributed by atoms with van der Waals surface area (Å²) in [4.78, 5) is 27.6. The van der Waals surface area contributed by atoms with E-state index in [0.717, 1.165) is 29.2 Å². The van der Waals surface area contributed by atoms with Crippen LogP contribution >= 0.6 is 0 Å². The number of carbonyl (C=O) groups is 1. The first-order chi connectivity index (χ1) is 17.2. The van der Waals surface area contributed by atoms with E-state index in [1.54, 1.807) is 44.0 Å². The predicted molar refractivity (Wildman–Crippen MR) is 130 cm³/mol. The largest absolute Gasteiger partial charge is 0.495 e. The van der Waals surface area contributed by atoms with Crippen molar-refractivity contribution in [3.63, 3.8) is 0 Å². The number of nitrogens with zero attached hydrogens (tertiary/aromatic N) is 5. The molecule has 1 aromatic carbocycles. The van der Waals surface area contributed by atoms with Gasteiger partial charge in [0.05, 0.1) is 19.9 Å². The monoisotopic (exact) mass is 494 g/mol. The number of hydrogen-bond donors (Lipinski definition) is 2. The Balaban J connectivity index is 0.000000709. The van der Waals surface area contributed by atoms with Crippen LogP contribution in [0.5, 0.6) is 5.75 Å². The lowest BCUT2D eigenvalue weighted by atomic mass is 9.81. The number of aliphatic imine (C=N–C) groups is 2.